The van der Waals surface area contributed by atoms with Gasteiger partial charge in [0.05, 0.1) is 25.5 Å². The Morgan fingerprint density at radius 2 is 1.55 bits per heavy atom. The van der Waals surface area contributed by atoms with Gasteiger partial charge in [0.15, 0.2) is 0 Å². The van der Waals surface area contributed by atoms with Crippen molar-refractivity contribution in [2.75, 3.05) is 24.4 Å². The highest BCUT2D eigenvalue weighted by Gasteiger charge is 2.41. The lowest BCUT2D eigenvalue weighted by Crippen LogP contribution is -2.32. The Hall–Kier alpha value is -4.13. The Balaban J connectivity index is 1.87. The van der Waals surface area contributed by atoms with Gasteiger partial charge in [-0.1, -0.05) is 29.8 Å². The fourth-order valence-electron chi connectivity index (χ4n) is 3.86. The Morgan fingerprint density at radius 1 is 0.848 bits per heavy atom. The normalized spacial score (nSPS) is 13.5. The summed E-state index contributed by atoms with van der Waals surface area (Å²) in [5.41, 5.74) is 3.46. The van der Waals surface area contributed by atoms with Crippen LogP contribution in [0.2, 0.25) is 0 Å². The topological polar surface area (TPSA) is 67.9 Å². The van der Waals surface area contributed by atoms with E-state index in [2.05, 4.69) is 5.32 Å². The number of nitrogens with zero attached hydrogens (tertiary/aromatic N) is 1. The molecule has 0 saturated carbocycles. The van der Waals surface area contributed by atoms with Crippen molar-refractivity contribution in [3.05, 3.63) is 88.9 Å². The Labute approximate surface area is 191 Å². The minimum atomic E-state index is -0.581. The number of rotatable bonds is 6. The van der Waals surface area contributed by atoms with Crippen LogP contribution in [0.25, 0.3) is 5.57 Å². The van der Waals surface area contributed by atoms with Crippen LogP contribution in [0.3, 0.4) is 0 Å². The van der Waals surface area contributed by atoms with Crippen LogP contribution in [0.5, 0.6) is 11.5 Å². The lowest BCUT2D eigenvalue weighted by atomic mass is 9.97. The van der Waals surface area contributed by atoms with Gasteiger partial charge in [-0.2, -0.15) is 0 Å². The number of carbonyl (C=O) groups excluding carboxylic acids is 2. The third kappa shape index (κ3) is 4.17. The van der Waals surface area contributed by atoms with Crippen molar-refractivity contribution in [1.82, 2.24) is 0 Å². The number of nitrogens with one attached hydrogen (secondary N) is 1. The standard InChI is InChI=1S/C26H23FN2O4/c1-15-8-9-22(16(2)10-15)23-24(28-18-12-20(32-3)14-21(13-18)33-4)26(31)29(25(23)30)19-7-5-6-17(27)11-19/h5-14,28H,1-4H3. The second-order valence-corrected chi connectivity index (χ2v) is 7.72. The summed E-state index contributed by atoms with van der Waals surface area (Å²) >= 11 is 0. The predicted octanol–water partition coefficient (Wildman–Crippen LogP) is 4.86. The Bertz CT molecular complexity index is 1280. The van der Waals surface area contributed by atoms with Gasteiger partial charge in [-0.25, -0.2) is 9.29 Å². The lowest BCUT2D eigenvalue weighted by molar-refractivity contribution is -0.120. The van der Waals surface area contributed by atoms with E-state index in [9.17, 15) is 14.0 Å². The molecule has 168 valence electrons. The van der Waals surface area contributed by atoms with Gasteiger partial charge in [0, 0.05) is 23.9 Å². The zero-order valence-corrected chi connectivity index (χ0v) is 18.7. The fraction of sp³-hybridized carbons (Fsp3) is 0.154. The molecule has 1 heterocycles. The van der Waals surface area contributed by atoms with Crippen LogP contribution in [0.15, 0.2) is 66.4 Å². The molecule has 3 aromatic rings. The van der Waals surface area contributed by atoms with E-state index in [0.29, 0.717) is 22.7 Å². The van der Waals surface area contributed by atoms with E-state index in [4.69, 9.17) is 9.47 Å². The van der Waals surface area contributed by atoms with Crippen LogP contribution in [0, 0.1) is 19.7 Å². The zero-order valence-electron chi connectivity index (χ0n) is 18.7. The van der Waals surface area contributed by atoms with Gasteiger partial charge in [0.1, 0.15) is 23.0 Å². The predicted molar refractivity (Wildman–Crippen MR) is 125 cm³/mol. The molecular formula is C26H23FN2O4. The molecule has 0 fully saturated rings. The summed E-state index contributed by atoms with van der Waals surface area (Å²) in [7, 11) is 3.05. The molecular weight excluding hydrogens is 423 g/mol. The van der Waals surface area contributed by atoms with E-state index < -0.39 is 17.6 Å². The van der Waals surface area contributed by atoms with Crippen LogP contribution in [0.4, 0.5) is 15.8 Å². The van der Waals surface area contributed by atoms with Crippen molar-refractivity contribution >= 4 is 28.8 Å². The smallest absolute Gasteiger partial charge is 0.282 e. The second-order valence-electron chi connectivity index (χ2n) is 7.72. The molecule has 6 nitrogen and oxygen atoms in total. The summed E-state index contributed by atoms with van der Waals surface area (Å²) < 4.78 is 24.5. The summed E-state index contributed by atoms with van der Waals surface area (Å²) in [6, 6.07) is 16.1. The van der Waals surface area contributed by atoms with Crippen LogP contribution >= 0.6 is 0 Å². The summed E-state index contributed by atoms with van der Waals surface area (Å²) in [6.45, 7) is 3.83. The van der Waals surface area contributed by atoms with Crippen molar-refractivity contribution in [2.45, 2.75) is 13.8 Å². The van der Waals surface area contributed by atoms with E-state index >= 15 is 0 Å². The molecule has 0 aliphatic carbocycles. The summed E-state index contributed by atoms with van der Waals surface area (Å²) in [5.74, 6) is -0.620. The molecule has 0 unspecified atom stereocenters. The first-order valence-corrected chi connectivity index (χ1v) is 10.3. The number of imide groups is 1. The van der Waals surface area contributed by atoms with Gasteiger partial charge in [-0.15, -0.1) is 0 Å². The molecule has 7 heteroatoms. The Kier molecular flexibility index (Phi) is 5.87. The van der Waals surface area contributed by atoms with Crippen LogP contribution < -0.4 is 19.7 Å². The van der Waals surface area contributed by atoms with Crippen LogP contribution in [-0.4, -0.2) is 26.0 Å². The highest BCUT2D eigenvalue weighted by Crippen LogP contribution is 2.36. The van der Waals surface area contributed by atoms with E-state index in [1.165, 1.54) is 32.4 Å². The van der Waals surface area contributed by atoms with Crippen LogP contribution in [-0.2, 0) is 9.59 Å². The molecule has 2 amide bonds. The first-order chi connectivity index (χ1) is 15.8. The summed E-state index contributed by atoms with van der Waals surface area (Å²) in [6.07, 6.45) is 0. The highest BCUT2D eigenvalue weighted by atomic mass is 19.1. The zero-order chi connectivity index (χ0) is 23.7. The molecule has 0 spiro atoms. The van der Waals surface area contributed by atoms with Crippen molar-refractivity contribution in [2.24, 2.45) is 0 Å². The number of anilines is 2. The number of benzene rings is 3. The number of halogens is 1. The maximum Gasteiger partial charge on any atom is 0.282 e. The number of aryl methyl sites for hydroxylation is 2. The van der Waals surface area contributed by atoms with Gasteiger partial charge in [-0.3, -0.25) is 9.59 Å². The van der Waals surface area contributed by atoms with Crippen LogP contribution in [0.1, 0.15) is 16.7 Å². The number of hydrogen-bond donors (Lipinski definition) is 1. The molecule has 1 aliphatic heterocycles. The molecule has 1 N–H and O–H groups in total. The van der Waals surface area contributed by atoms with E-state index in [0.717, 1.165) is 22.1 Å². The van der Waals surface area contributed by atoms with Crippen molar-refractivity contribution in [1.29, 1.82) is 0 Å². The largest absolute Gasteiger partial charge is 0.497 e. The average molecular weight is 446 g/mol. The molecule has 0 aromatic heterocycles. The Morgan fingerprint density at radius 3 is 2.15 bits per heavy atom. The number of amides is 2. The molecule has 0 bridgehead atoms. The van der Waals surface area contributed by atoms with E-state index in [1.54, 1.807) is 18.2 Å². The quantitative estimate of drug-likeness (QED) is 0.548. The first kappa shape index (κ1) is 22.1. The molecule has 33 heavy (non-hydrogen) atoms. The average Bonchev–Trinajstić information content (AvgIpc) is 3.03. The van der Waals surface area contributed by atoms with E-state index in [1.807, 2.05) is 32.0 Å². The third-order valence-corrected chi connectivity index (χ3v) is 5.42. The minimum absolute atomic E-state index is 0.0894. The maximum atomic E-state index is 13.9. The fourth-order valence-corrected chi connectivity index (χ4v) is 3.86. The number of hydrogen-bond acceptors (Lipinski definition) is 5. The third-order valence-electron chi connectivity index (χ3n) is 5.42. The van der Waals surface area contributed by atoms with Gasteiger partial charge < -0.3 is 14.8 Å². The van der Waals surface area contributed by atoms with Gasteiger partial charge in [0.25, 0.3) is 11.8 Å². The summed E-state index contributed by atoms with van der Waals surface area (Å²) in [4.78, 5) is 28.0. The molecule has 0 saturated heterocycles. The van der Waals surface area contributed by atoms with Gasteiger partial charge in [-0.05, 0) is 43.2 Å². The molecule has 4 rings (SSSR count). The number of carbonyl (C=O) groups is 2. The SMILES string of the molecule is COc1cc(NC2=C(c3ccc(C)cc3C)C(=O)N(c3cccc(F)c3)C2=O)cc(OC)c1. The lowest BCUT2D eigenvalue weighted by Gasteiger charge is -2.16. The minimum Gasteiger partial charge on any atom is -0.497 e. The van der Waals surface area contributed by atoms with Crippen molar-refractivity contribution in [3.8, 4) is 11.5 Å². The van der Waals surface area contributed by atoms with Gasteiger partial charge in [0.2, 0.25) is 0 Å². The van der Waals surface area contributed by atoms with Gasteiger partial charge >= 0.3 is 0 Å². The number of ether oxygens (including phenoxy) is 2. The number of methoxy groups -OCH3 is 2. The van der Waals surface area contributed by atoms with Crippen molar-refractivity contribution < 1.29 is 23.5 Å². The van der Waals surface area contributed by atoms with E-state index in [-0.39, 0.29) is 17.0 Å². The first-order valence-electron chi connectivity index (χ1n) is 10.3. The molecule has 0 atom stereocenters. The molecule has 1 aliphatic rings. The maximum absolute atomic E-state index is 13.9. The molecule has 3 aromatic carbocycles. The second kappa shape index (κ2) is 8.78. The molecule has 0 radical (unpaired) electrons. The summed E-state index contributed by atoms with van der Waals surface area (Å²) in [5, 5.41) is 3.09. The van der Waals surface area contributed by atoms with Crippen molar-refractivity contribution in [3.63, 3.8) is 0 Å². The highest BCUT2D eigenvalue weighted by molar-refractivity contribution is 6.46. The monoisotopic (exact) mass is 446 g/mol.